The number of benzene rings is 3. The zero-order chi connectivity index (χ0) is 27.4. The summed E-state index contributed by atoms with van der Waals surface area (Å²) < 4.78 is 24.8. The number of halogens is 1. The fourth-order valence-electron chi connectivity index (χ4n) is 4.98. The Morgan fingerprint density at radius 2 is 1.72 bits per heavy atom. The van der Waals surface area contributed by atoms with Crippen molar-refractivity contribution in [3.8, 4) is 22.4 Å². The van der Waals surface area contributed by atoms with Gasteiger partial charge in [-0.25, -0.2) is 8.42 Å². The van der Waals surface area contributed by atoms with E-state index in [1.807, 2.05) is 42.5 Å². The van der Waals surface area contributed by atoms with Crippen molar-refractivity contribution < 1.29 is 8.42 Å². The number of aromatic nitrogens is 1. The van der Waals surface area contributed by atoms with Gasteiger partial charge in [0.05, 0.1) is 15.6 Å². The number of likely N-dealkylation sites (tertiary alicyclic amines) is 1. The molecule has 1 saturated heterocycles. The first-order valence-electron chi connectivity index (χ1n) is 13.1. The highest BCUT2D eigenvalue weighted by molar-refractivity contribution is 7.90. The SMILES string of the molecule is C=C(Nc1ccc(Cl)c(-c2ccccn2)c1)c1ccc(S(C)(=O)=O)cc1-c1ccc(CN2CCCCC2)cc1. The Morgan fingerprint density at radius 3 is 2.41 bits per heavy atom. The van der Waals surface area contributed by atoms with Gasteiger partial charge in [0.1, 0.15) is 0 Å². The van der Waals surface area contributed by atoms with Crippen LogP contribution in [0.1, 0.15) is 30.4 Å². The molecule has 0 amide bonds. The number of hydrogen-bond donors (Lipinski definition) is 1. The van der Waals surface area contributed by atoms with Crippen LogP contribution in [0.15, 0.2) is 96.5 Å². The van der Waals surface area contributed by atoms with Gasteiger partial charge in [-0.2, -0.15) is 0 Å². The monoisotopic (exact) mass is 557 g/mol. The van der Waals surface area contributed by atoms with E-state index in [2.05, 4.69) is 46.0 Å². The molecule has 3 aromatic carbocycles. The summed E-state index contributed by atoms with van der Waals surface area (Å²) in [6.45, 7) is 7.51. The predicted molar refractivity (Wildman–Crippen MR) is 161 cm³/mol. The van der Waals surface area contributed by atoms with Crippen molar-refractivity contribution in [2.24, 2.45) is 0 Å². The van der Waals surface area contributed by atoms with Crippen LogP contribution in [-0.2, 0) is 16.4 Å². The fraction of sp³-hybridized carbons (Fsp3) is 0.219. The van der Waals surface area contributed by atoms with Gasteiger partial charge in [-0.3, -0.25) is 9.88 Å². The molecule has 1 aliphatic heterocycles. The van der Waals surface area contributed by atoms with Crippen molar-refractivity contribution >= 4 is 32.8 Å². The standard InChI is InChI=1S/C32H32ClN3O2S/c1-23(35-26-13-16-31(33)30(20-26)32-8-4-5-17-34-32)28-15-14-27(39(2,37)38)21-29(28)25-11-9-24(10-12-25)22-36-18-6-3-7-19-36/h4-5,8-17,20-21,35H,1,3,6-7,18-19,22H2,2H3. The Hall–Kier alpha value is -3.45. The predicted octanol–water partition coefficient (Wildman–Crippen LogP) is 7.54. The molecule has 0 bridgehead atoms. The Labute approximate surface area is 236 Å². The second kappa shape index (κ2) is 11.7. The molecule has 0 atom stereocenters. The second-order valence-corrected chi connectivity index (χ2v) is 12.4. The summed E-state index contributed by atoms with van der Waals surface area (Å²) in [5.74, 6) is 0. The van der Waals surface area contributed by atoms with Crippen LogP contribution in [0.3, 0.4) is 0 Å². The lowest BCUT2D eigenvalue weighted by molar-refractivity contribution is 0.221. The zero-order valence-electron chi connectivity index (χ0n) is 22.0. The largest absolute Gasteiger partial charge is 0.355 e. The molecule has 4 aromatic rings. The van der Waals surface area contributed by atoms with Gasteiger partial charge >= 0.3 is 0 Å². The van der Waals surface area contributed by atoms with Gasteiger partial charge in [0.15, 0.2) is 9.84 Å². The lowest BCUT2D eigenvalue weighted by atomic mass is 9.96. The highest BCUT2D eigenvalue weighted by atomic mass is 35.5. The molecule has 7 heteroatoms. The van der Waals surface area contributed by atoms with E-state index >= 15 is 0 Å². The Kier molecular flexibility index (Phi) is 8.17. The molecule has 0 saturated carbocycles. The highest BCUT2D eigenvalue weighted by Crippen LogP contribution is 2.34. The van der Waals surface area contributed by atoms with E-state index in [1.54, 1.807) is 18.3 Å². The summed E-state index contributed by atoms with van der Waals surface area (Å²) in [4.78, 5) is 7.19. The van der Waals surface area contributed by atoms with Crippen molar-refractivity contribution in [1.82, 2.24) is 9.88 Å². The third-order valence-electron chi connectivity index (χ3n) is 7.07. The quantitative estimate of drug-likeness (QED) is 0.242. The maximum atomic E-state index is 12.4. The number of hydrogen-bond acceptors (Lipinski definition) is 5. The van der Waals surface area contributed by atoms with Crippen LogP contribution in [-0.4, -0.2) is 37.6 Å². The fourth-order valence-corrected chi connectivity index (χ4v) is 5.85. The minimum absolute atomic E-state index is 0.273. The van der Waals surface area contributed by atoms with Crippen molar-refractivity contribution in [2.45, 2.75) is 30.7 Å². The number of pyridine rings is 1. The van der Waals surface area contributed by atoms with E-state index in [-0.39, 0.29) is 4.90 Å². The third-order valence-corrected chi connectivity index (χ3v) is 8.51. The van der Waals surface area contributed by atoms with E-state index in [1.165, 1.54) is 31.1 Å². The number of anilines is 1. The molecular weight excluding hydrogens is 526 g/mol. The van der Waals surface area contributed by atoms with E-state index < -0.39 is 9.84 Å². The summed E-state index contributed by atoms with van der Waals surface area (Å²) in [6, 6.07) is 24.9. The molecule has 1 aromatic heterocycles. The molecular formula is C32H32ClN3O2S. The van der Waals surface area contributed by atoms with Crippen LogP contribution >= 0.6 is 11.6 Å². The van der Waals surface area contributed by atoms with E-state index in [0.717, 1.165) is 53.3 Å². The number of nitrogens with one attached hydrogen (secondary N) is 1. The second-order valence-electron chi connectivity index (χ2n) is 10.0. The summed E-state index contributed by atoms with van der Waals surface area (Å²) >= 11 is 6.47. The first-order chi connectivity index (χ1) is 18.8. The molecule has 5 nitrogen and oxygen atoms in total. The molecule has 200 valence electrons. The summed E-state index contributed by atoms with van der Waals surface area (Å²) in [5, 5.41) is 4.00. The van der Waals surface area contributed by atoms with Crippen molar-refractivity contribution in [1.29, 1.82) is 0 Å². The highest BCUT2D eigenvalue weighted by Gasteiger charge is 2.16. The van der Waals surface area contributed by atoms with Gasteiger partial charge in [0.25, 0.3) is 0 Å². The first kappa shape index (κ1) is 27.1. The number of piperidine rings is 1. The maximum Gasteiger partial charge on any atom is 0.175 e. The van der Waals surface area contributed by atoms with Crippen LogP contribution < -0.4 is 5.32 Å². The molecule has 0 spiro atoms. The van der Waals surface area contributed by atoms with Crippen LogP contribution in [0.5, 0.6) is 0 Å². The third kappa shape index (κ3) is 6.59. The van der Waals surface area contributed by atoms with Crippen molar-refractivity contribution in [3.05, 3.63) is 108 Å². The van der Waals surface area contributed by atoms with E-state index in [4.69, 9.17) is 11.6 Å². The smallest absolute Gasteiger partial charge is 0.175 e. The van der Waals surface area contributed by atoms with Gasteiger partial charge in [-0.05, 0) is 85.1 Å². The molecule has 1 fully saturated rings. The molecule has 39 heavy (non-hydrogen) atoms. The van der Waals surface area contributed by atoms with Crippen LogP contribution in [0.2, 0.25) is 5.02 Å². The molecule has 1 N–H and O–H groups in total. The summed E-state index contributed by atoms with van der Waals surface area (Å²) in [7, 11) is -3.38. The molecule has 1 aliphatic rings. The molecule has 0 aliphatic carbocycles. The summed E-state index contributed by atoms with van der Waals surface area (Å²) in [6.07, 6.45) is 6.79. The lowest BCUT2D eigenvalue weighted by Crippen LogP contribution is -2.28. The minimum Gasteiger partial charge on any atom is -0.355 e. The van der Waals surface area contributed by atoms with Gasteiger partial charge in [-0.1, -0.05) is 61.0 Å². The van der Waals surface area contributed by atoms with Crippen LogP contribution in [0.4, 0.5) is 5.69 Å². The maximum absolute atomic E-state index is 12.4. The van der Waals surface area contributed by atoms with Crippen LogP contribution in [0, 0.1) is 0 Å². The van der Waals surface area contributed by atoms with Gasteiger partial charge < -0.3 is 5.32 Å². The molecule has 5 rings (SSSR count). The topological polar surface area (TPSA) is 62.3 Å². The van der Waals surface area contributed by atoms with Crippen molar-refractivity contribution in [2.75, 3.05) is 24.7 Å². The van der Waals surface area contributed by atoms with Gasteiger partial charge in [-0.15, -0.1) is 0 Å². The van der Waals surface area contributed by atoms with Gasteiger partial charge in [0, 0.05) is 41.5 Å². The van der Waals surface area contributed by atoms with Crippen LogP contribution in [0.25, 0.3) is 28.1 Å². The minimum atomic E-state index is -3.38. The number of nitrogens with zero attached hydrogens (tertiary/aromatic N) is 2. The molecule has 0 radical (unpaired) electrons. The Balaban J connectivity index is 1.45. The Morgan fingerprint density at radius 1 is 0.949 bits per heavy atom. The normalized spacial score (nSPS) is 14.2. The molecule has 0 unspecified atom stereocenters. The van der Waals surface area contributed by atoms with Crippen molar-refractivity contribution in [3.63, 3.8) is 0 Å². The van der Waals surface area contributed by atoms with E-state index in [0.29, 0.717) is 10.7 Å². The zero-order valence-corrected chi connectivity index (χ0v) is 23.6. The van der Waals surface area contributed by atoms with Gasteiger partial charge in [0.2, 0.25) is 0 Å². The van der Waals surface area contributed by atoms with E-state index in [9.17, 15) is 8.42 Å². The first-order valence-corrected chi connectivity index (χ1v) is 15.4. The lowest BCUT2D eigenvalue weighted by Gasteiger charge is -2.26. The molecule has 2 heterocycles. The Bertz CT molecular complexity index is 1580. The number of sulfone groups is 1. The average molecular weight is 558 g/mol. The number of rotatable bonds is 8. The summed E-state index contributed by atoms with van der Waals surface area (Å²) in [5.41, 5.74) is 6.86. The average Bonchev–Trinajstić information content (AvgIpc) is 2.95.